The molecule has 0 aliphatic heterocycles. The third-order valence-corrected chi connectivity index (χ3v) is 1.69. The van der Waals surface area contributed by atoms with Crippen molar-refractivity contribution in [2.75, 3.05) is 0 Å². The van der Waals surface area contributed by atoms with Crippen molar-refractivity contribution in [2.45, 2.75) is 0 Å². The largest absolute Gasteiger partial charge is 0.494 e. The van der Waals surface area contributed by atoms with Gasteiger partial charge in [0.1, 0.15) is 11.3 Å². The van der Waals surface area contributed by atoms with Crippen molar-refractivity contribution in [3.05, 3.63) is 39.2 Å². The van der Waals surface area contributed by atoms with E-state index in [0.29, 0.717) is 0 Å². The topological polar surface area (TPSA) is 99.1 Å². The third kappa shape index (κ3) is 1.22. The lowest BCUT2D eigenvalue weighted by Gasteiger charge is -1.97. The summed E-state index contributed by atoms with van der Waals surface area (Å²) in [5, 5.41) is 9.31. The molecule has 0 spiro atoms. The van der Waals surface area contributed by atoms with Gasteiger partial charge in [-0.1, -0.05) is 0 Å². The van der Waals surface area contributed by atoms with Crippen LogP contribution in [-0.2, 0) is 0 Å². The van der Waals surface area contributed by atoms with E-state index in [0.717, 1.165) is 0 Å². The molecule has 6 heteroatoms. The van der Waals surface area contributed by atoms with Gasteiger partial charge >= 0.3 is 5.69 Å². The lowest BCUT2D eigenvalue weighted by Crippen LogP contribution is -2.22. The molecular formula is C8H6N2O4. The van der Waals surface area contributed by atoms with Gasteiger partial charge in [-0.2, -0.15) is 0 Å². The van der Waals surface area contributed by atoms with Crippen LogP contribution in [0.4, 0.5) is 0 Å². The van der Waals surface area contributed by atoms with Gasteiger partial charge in [0.25, 0.3) is 5.56 Å². The molecule has 0 amide bonds. The number of aromatic nitrogens is 2. The average molecular weight is 194 g/mol. The molecule has 2 heterocycles. The number of aromatic amines is 2. The van der Waals surface area contributed by atoms with E-state index in [9.17, 15) is 14.7 Å². The van der Waals surface area contributed by atoms with Crippen LogP contribution in [0.15, 0.2) is 32.4 Å². The number of hydrogen-bond donors (Lipinski definition) is 3. The molecule has 0 atom stereocenters. The van der Waals surface area contributed by atoms with Gasteiger partial charge in [-0.3, -0.25) is 14.8 Å². The Kier molecular flexibility index (Phi) is 1.74. The minimum absolute atomic E-state index is 0.0883. The van der Waals surface area contributed by atoms with E-state index >= 15 is 0 Å². The number of H-pyrrole nitrogens is 2. The third-order valence-electron chi connectivity index (χ3n) is 1.69. The van der Waals surface area contributed by atoms with E-state index in [2.05, 4.69) is 4.98 Å². The molecular weight excluding hydrogens is 188 g/mol. The van der Waals surface area contributed by atoms with E-state index in [4.69, 9.17) is 4.42 Å². The minimum atomic E-state index is -0.761. The second-order valence-electron chi connectivity index (χ2n) is 2.61. The molecule has 0 radical (unpaired) electrons. The molecule has 2 aromatic rings. The molecule has 2 rings (SSSR count). The average Bonchev–Trinajstić information content (AvgIpc) is 2.54. The van der Waals surface area contributed by atoms with Gasteiger partial charge in [0.05, 0.1) is 6.26 Å². The summed E-state index contributed by atoms with van der Waals surface area (Å²) in [5.41, 5.74) is -1.54. The Morgan fingerprint density at radius 3 is 2.64 bits per heavy atom. The quantitative estimate of drug-likeness (QED) is 0.596. The Morgan fingerprint density at radius 1 is 1.29 bits per heavy atom. The Morgan fingerprint density at radius 2 is 2.07 bits per heavy atom. The fourth-order valence-electron chi connectivity index (χ4n) is 1.12. The predicted octanol–water partition coefficient (Wildman–Crippen LogP) is 0.0288. The first-order valence-electron chi connectivity index (χ1n) is 3.78. The van der Waals surface area contributed by atoms with Crippen LogP contribution in [0, 0.1) is 0 Å². The SMILES string of the molecule is O=c1[nH]c(O)c(-c2ccco2)c(=O)[nH]1. The van der Waals surface area contributed by atoms with Crippen molar-refractivity contribution in [2.24, 2.45) is 0 Å². The van der Waals surface area contributed by atoms with Crippen molar-refractivity contribution in [3.63, 3.8) is 0 Å². The fourth-order valence-corrected chi connectivity index (χ4v) is 1.12. The lowest BCUT2D eigenvalue weighted by atomic mass is 10.2. The standard InChI is InChI=1S/C8H6N2O4/c11-6-5(4-2-1-3-14-4)7(12)10-8(13)9-6/h1-3H,(H3,9,10,11,12,13). The second kappa shape index (κ2) is 2.91. The smallest absolute Gasteiger partial charge is 0.328 e. The van der Waals surface area contributed by atoms with E-state index < -0.39 is 17.1 Å². The molecule has 0 fully saturated rings. The van der Waals surface area contributed by atoms with E-state index in [1.807, 2.05) is 4.98 Å². The van der Waals surface area contributed by atoms with Gasteiger partial charge in [0, 0.05) is 0 Å². The molecule has 0 aromatic carbocycles. The van der Waals surface area contributed by atoms with Crippen LogP contribution in [0.5, 0.6) is 5.88 Å². The maximum absolute atomic E-state index is 11.3. The molecule has 14 heavy (non-hydrogen) atoms. The van der Waals surface area contributed by atoms with Gasteiger partial charge in [-0.05, 0) is 12.1 Å². The van der Waals surface area contributed by atoms with Gasteiger partial charge in [-0.15, -0.1) is 0 Å². The summed E-state index contributed by atoms with van der Waals surface area (Å²) in [6.07, 6.45) is 1.36. The lowest BCUT2D eigenvalue weighted by molar-refractivity contribution is 0.447. The maximum atomic E-state index is 11.3. The monoisotopic (exact) mass is 194 g/mol. The van der Waals surface area contributed by atoms with E-state index in [1.165, 1.54) is 12.3 Å². The molecule has 0 unspecified atom stereocenters. The Balaban J connectivity index is 2.77. The first-order valence-corrected chi connectivity index (χ1v) is 3.78. The number of aromatic hydroxyl groups is 1. The molecule has 72 valence electrons. The predicted molar refractivity (Wildman–Crippen MR) is 47.1 cm³/mol. The van der Waals surface area contributed by atoms with Crippen molar-refractivity contribution < 1.29 is 9.52 Å². The summed E-state index contributed by atoms with van der Waals surface area (Å²) >= 11 is 0. The fraction of sp³-hybridized carbons (Fsp3) is 0. The second-order valence-corrected chi connectivity index (χ2v) is 2.61. The summed E-state index contributed by atoms with van der Waals surface area (Å²) in [5.74, 6) is -0.311. The van der Waals surface area contributed by atoms with Crippen LogP contribution in [-0.4, -0.2) is 15.1 Å². The first-order chi connectivity index (χ1) is 6.68. The van der Waals surface area contributed by atoms with Crippen molar-refractivity contribution in [1.29, 1.82) is 0 Å². The Labute approximate surface area is 76.8 Å². The number of furan rings is 1. The summed E-state index contributed by atoms with van der Waals surface area (Å²) in [6, 6.07) is 3.07. The highest BCUT2D eigenvalue weighted by molar-refractivity contribution is 5.61. The molecule has 2 aromatic heterocycles. The minimum Gasteiger partial charge on any atom is -0.494 e. The van der Waals surface area contributed by atoms with Crippen LogP contribution in [0.1, 0.15) is 0 Å². The number of nitrogens with one attached hydrogen (secondary N) is 2. The number of hydrogen-bond acceptors (Lipinski definition) is 4. The molecule has 0 saturated carbocycles. The Bertz CT molecular complexity index is 549. The summed E-state index contributed by atoms with van der Waals surface area (Å²) in [6.45, 7) is 0. The van der Waals surface area contributed by atoms with Crippen molar-refractivity contribution in [3.8, 4) is 17.2 Å². The highest BCUT2D eigenvalue weighted by atomic mass is 16.3. The zero-order valence-corrected chi connectivity index (χ0v) is 6.90. The molecule has 0 aliphatic carbocycles. The van der Waals surface area contributed by atoms with Crippen LogP contribution in [0.25, 0.3) is 11.3 Å². The van der Waals surface area contributed by atoms with Crippen LogP contribution < -0.4 is 11.2 Å². The summed E-state index contributed by atoms with van der Waals surface area (Å²) in [7, 11) is 0. The zero-order valence-electron chi connectivity index (χ0n) is 6.90. The van der Waals surface area contributed by atoms with Crippen molar-refractivity contribution in [1.82, 2.24) is 9.97 Å². The van der Waals surface area contributed by atoms with Gasteiger partial charge in [0.2, 0.25) is 5.88 Å². The number of rotatable bonds is 1. The summed E-state index contributed by atoms with van der Waals surface area (Å²) in [4.78, 5) is 26.0. The normalized spacial score (nSPS) is 10.3. The van der Waals surface area contributed by atoms with E-state index in [1.54, 1.807) is 6.07 Å². The first kappa shape index (κ1) is 8.36. The van der Waals surface area contributed by atoms with Crippen LogP contribution in [0.2, 0.25) is 0 Å². The molecule has 3 N–H and O–H groups in total. The summed E-state index contributed by atoms with van der Waals surface area (Å²) < 4.78 is 4.92. The molecule has 0 bridgehead atoms. The molecule has 6 nitrogen and oxygen atoms in total. The molecule has 0 aliphatic rings. The van der Waals surface area contributed by atoms with Crippen LogP contribution >= 0.6 is 0 Å². The van der Waals surface area contributed by atoms with Gasteiger partial charge < -0.3 is 9.52 Å². The highest BCUT2D eigenvalue weighted by Crippen LogP contribution is 2.21. The molecule has 0 saturated heterocycles. The van der Waals surface area contributed by atoms with Crippen LogP contribution in [0.3, 0.4) is 0 Å². The van der Waals surface area contributed by atoms with E-state index in [-0.39, 0.29) is 11.3 Å². The maximum Gasteiger partial charge on any atom is 0.328 e. The highest BCUT2D eigenvalue weighted by Gasteiger charge is 2.12. The van der Waals surface area contributed by atoms with Gasteiger partial charge in [-0.25, -0.2) is 4.79 Å². The van der Waals surface area contributed by atoms with Crippen molar-refractivity contribution >= 4 is 0 Å². The van der Waals surface area contributed by atoms with Gasteiger partial charge in [0.15, 0.2) is 0 Å². The zero-order chi connectivity index (χ0) is 10.1. The Hall–Kier alpha value is -2.24.